The average molecular weight is 435 g/mol. The van der Waals surface area contributed by atoms with Crippen molar-refractivity contribution in [1.82, 2.24) is 0 Å². The van der Waals surface area contributed by atoms with Gasteiger partial charge in [-0.1, -0.05) is 23.7 Å². The highest BCUT2D eigenvalue weighted by Crippen LogP contribution is 2.39. The molecule has 9 heteroatoms. The van der Waals surface area contributed by atoms with Crippen molar-refractivity contribution in [1.29, 1.82) is 0 Å². The van der Waals surface area contributed by atoms with E-state index in [0.29, 0.717) is 28.1 Å². The molecule has 28 heavy (non-hydrogen) atoms. The summed E-state index contributed by atoms with van der Waals surface area (Å²) in [7, 11) is -3.80. The van der Waals surface area contributed by atoms with Crippen molar-refractivity contribution >= 4 is 50.2 Å². The molecule has 1 aliphatic rings. The summed E-state index contributed by atoms with van der Waals surface area (Å²) in [5, 5.41) is 0. The first-order valence-electron chi connectivity index (χ1n) is 8.40. The number of amides is 1. The van der Waals surface area contributed by atoms with E-state index in [1.807, 2.05) is 25.1 Å². The van der Waals surface area contributed by atoms with Crippen molar-refractivity contribution in [3.8, 4) is 11.5 Å². The second-order valence-corrected chi connectivity index (χ2v) is 9.62. The van der Waals surface area contributed by atoms with Crippen LogP contribution in [0.1, 0.15) is 17.3 Å². The van der Waals surface area contributed by atoms with Gasteiger partial charge in [-0.05, 0) is 49.4 Å². The number of benzene rings is 2. The normalized spacial score (nSPS) is 13.4. The minimum Gasteiger partial charge on any atom is -0.454 e. The zero-order valence-corrected chi connectivity index (χ0v) is 17.1. The van der Waals surface area contributed by atoms with Crippen molar-refractivity contribution in [2.24, 2.45) is 0 Å². The van der Waals surface area contributed by atoms with E-state index in [2.05, 4.69) is 4.72 Å². The Balaban J connectivity index is 1.73. The number of sulfonamides is 1. The Kier molecular flexibility index (Phi) is 4.78. The predicted octanol–water partition coefficient (Wildman–Crippen LogP) is 4.97. The fourth-order valence-electron chi connectivity index (χ4n) is 2.95. The van der Waals surface area contributed by atoms with E-state index < -0.39 is 10.0 Å². The topological polar surface area (TPSA) is 75.7 Å². The molecule has 0 saturated carbocycles. The molecule has 2 aromatic carbocycles. The molecule has 0 radical (unpaired) electrons. The maximum absolute atomic E-state index is 13.1. The molecule has 6 nitrogen and oxygen atoms in total. The molecule has 1 N–H and O–H groups in total. The van der Waals surface area contributed by atoms with E-state index in [1.54, 1.807) is 23.1 Å². The number of thiophene rings is 1. The van der Waals surface area contributed by atoms with Gasteiger partial charge in [-0.3, -0.25) is 9.52 Å². The van der Waals surface area contributed by atoms with Crippen LogP contribution >= 0.6 is 22.9 Å². The Morgan fingerprint density at radius 3 is 2.61 bits per heavy atom. The van der Waals surface area contributed by atoms with Crippen LogP contribution in [0.5, 0.6) is 11.5 Å². The molecule has 0 spiro atoms. The molecular formula is C19H15ClN2O4S2. The molecule has 0 saturated heterocycles. The molecule has 3 aromatic rings. The summed E-state index contributed by atoms with van der Waals surface area (Å²) in [6, 6.07) is 14.8. The van der Waals surface area contributed by atoms with Gasteiger partial charge in [0, 0.05) is 12.2 Å². The third-order valence-corrected chi connectivity index (χ3v) is 7.32. The molecule has 0 aliphatic carbocycles. The van der Waals surface area contributed by atoms with E-state index >= 15 is 0 Å². The predicted molar refractivity (Wildman–Crippen MR) is 110 cm³/mol. The standard InChI is InChI=1S/C19H15ClN2O4S2/c1-2-22-14-5-3-4-6-16(14)26-15-8-7-12(11-13(15)19(22)23)21-28(24,25)18-10-9-17(20)27-18/h3-11,21H,2H2,1H3. The van der Waals surface area contributed by atoms with Crippen LogP contribution < -0.4 is 14.4 Å². The lowest BCUT2D eigenvalue weighted by Crippen LogP contribution is -2.29. The van der Waals surface area contributed by atoms with Crippen molar-refractivity contribution in [2.75, 3.05) is 16.2 Å². The van der Waals surface area contributed by atoms with E-state index in [-0.39, 0.29) is 21.4 Å². The summed E-state index contributed by atoms with van der Waals surface area (Å²) >= 11 is 6.79. The maximum atomic E-state index is 13.1. The fraction of sp³-hybridized carbons (Fsp3) is 0.105. The molecule has 1 aromatic heterocycles. The van der Waals surface area contributed by atoms with Crippen molar-refractivity contribution in [3.63, 3.8) is 0 Å². The van der Waals surface area contributed by atoms with E-state index in [4.69, 9.17) is 16.3 Å². The van der Waals surface area contributed by atoms with Crippen molar-refractivity contribution in [2.45, 2.75) is 11.1 Å². The van der Waals surface area contributed by atoms with E-state index in [9.17, 15) is 13.2 Å². The summed E-state index contributed by atoms with van der Waals surface area (Å²) in [4.78, 5) is 14.7. The zero-order chi connectivity index (χ0) is 19.9. The fourth-order valence-corrected chi connectivity index (χ4v) is 5.48. The third-order valence-electron chi connectivity index (χ3n) is 4.21. The number of anilines is 2. The van der Waals surface area contributed by atoms with Crippen LogP contribution in [-0.2, 0) is 10.0 Å². The molecular weight excluding hydrogens is 420 g/mol. The SMILES string of the molecule is CCN1C(=O)c2cc(NS(=O)(=O)c3ccc(Cl)s3)ccc2Oc2ccccc21. The van der Waals surface area contributed by atoms with Gasteiger partial charge in [-0.15, -0.1) is 11.3 Å². The van der Waals surface area contributed by atoms with Crippen LogP contribution in [0.25, 0.3) is 0 Å². The number of hydrogen-bond acceptors (Lipinski definition) is 5. The van der Waals surface area contributed by atoms with Gasteiger partial charge in [0.1, 0.15) is 9.96 Å². The number of hydrogen-bond donors (Lipinski definition) is 1. The molecule has 0 fully saturated rings. The van der Waals surface area contributed by atoms with E-state index in [1.165, 1.54) is 18.2 Å². The number of para-hydroxylation sites is 2. The van der Waals surface area contributed by atoms with E-state index in [0.717, 1.165) is 11.3 Å². The first-order valence-corrected chi connectivity index (χ1v) is 11.1. The largest absolute Gasteiger partial charge is 0.454 e. The highest BCUT2D eigenvalue weighted by molar-refractivity contribution is 7.94. The Labute approximate surface area is 171 Å². The average Bonchev–Trinajstić information content (AvgIpc) is 3.07. The zero-order valence-electron chi connectivity index (χ0n) is 14.7. The molecule has 1 aliphatic heterocycles. The Morgan fingerprint density at radius 1 is 1.11 bits per heavy atom. The van der Waals surface area contributed by atoms with Crippen LogP contribution in [-0.4, -0.2) is 20.9 Å². The number of ether oxygens (including phenoxy) is 1. The first kappa shape index (κ1) is 18.8. The van der Waals surface area contributed by atoms with Crippen LogP contribution in [0.15, 0.2) is 58.8 Å². The molecule has 0 atom stereocenters. The Morgan fingerprint density at radius 2 is 1.89 bits per heavy atom. The number of nitrogens with zero attached hydrogens (tertiary/aromatic N) is 1. The summed E-state index contributed by atoms with van der Waals surface area (Å²) in [6.45, 7) is 2.31. The second-order valence-electron chi connectivity index (χ2n) is 5.99. The minimum atomic E-state index is -3.80. The smallest absolute Gasteiger partial charge is 0.271 e. The molecule has 2 heterocycles. The maximum Gasteiger partial charge on any atom is 0.271 e. The Hall–Kier alpha value is -2.55. The van der Waals surface area contributed by atoms with Gasteiger partial charge < -0.3 is 9.64 Å². The Bertz CT molecular complexity index is 1170. The molecule has 4 rings (SSSR count). The number of carbonyl (C=O) groups excluding carboxylic acids is 1. The van der Waals surface area contributed by atoms with Crippen molar-refractivity contribution < 1.29 is 17.9 Å². The van der Waals surface area contributed by atoms with Gasteiger partial charge in [0.2, 0.25) is 0 Å². The summed E-state index contributed by atoms with van der Waals surface area (Å²) < 4.78 is 34.0. The van der Waals surface area contributed by atoms with Crippen LogP contribution in [0.2, 0.25) is 4.34 Å². The quantitative estimate of drug-likeness (QED) is 0.628. The summed E-state index contributed by atoms with van der Waals surface area (Å²) in [5.41, 5.74) is 1.21. The van der Waals surface area contributed by atoms with Crippen LogP contribution in [0, 0.1) is 0 Å². The second kappa shape index (κ2) is 7.12. The minimum absolute atomic E-state index is 0.0950. The van der Waals surface area contributed by atoms with Gasteiger partial charge in [-0.2, -0.15) is 0 Å². The number of halogens is 1. The number of nitrogens with one attached hydrogen (secondary N) is 1. The monoisotopic (exact) mass is 434 g/mol. The number of rotatable bonds is 4. The number of fused-ring (bicyclic) bond motifs is 2. The van der Waals surface area contributed by atoms with Crippen molar-refractivity contribution in [3.05, 3.63) is 64.5 Å². The van der Waals surface area contributed by atoms with Gasteiger partial charge >= 0.3 is 0 Å². The van der Waals surface area contributed by atoms with Gasteiger partial charge in [0.25, 0.3) is 15.9 Å². The third kappa shape index (κ3) is 3.34. The van der Waals surface area contributed by atoms with Crippen LogP contribution in [0.4, 0.5) is 11.4 Å². The number of carbonyl (C=O) groups is 1. The summed E-state index contributed by atoms with van der Waals surface area (Å²) in [6.07, 6.45) is 0. The molecule has 0 bridgehead atoms. The first-order chi connectivity index (χ1) is 13.4. The summed E-state index contributed by atoms with van der Waals surface area (Å²) in [5.74, 6) is 0.677. The lowest BCUT2D eigenvalue weighted by molar-refractivity contribution is 0.0988. The van der Waals surface area contributed by atoms with Gasteiger partial charge in [0.05, 0.1) is 15.6 Å². The highest BCUT2D eigenvalue weighted by Gasteiger charge is 2.28. The lowest BCUT2D eigenvalue weighted by Gasteiger charge is -2.19. The lowest BCUT2D eigenvalue weighted by atomic mass is 10.1. The van der Waals surface area contributed by atoms with Crippen LogP contribution in [0.3, 0.4) is 0 Å². The highest BCUT2D eigenvalue weighted by atomic mass is 35.5. The van der Waals surface area contributed by atoms with Gasteiger partial charge in [0.15, 0.2) is 5.75 Å². The molecule has 1 amide bonds. The molecule has 144 valence electrons. The van der Waals surface area contributed by atoms with Gasteiger partial charge in [-0.25, -0.2) is 8.42 Å². The molecule has 0 unspecified atom stereocenters.